The number of halogens is 3. The van der Waals surface area contributed by atoms with Gasteiger partial charge in [-0.05, 0) is 50.8 Å². The first-order chi connectivity index (χ1) is 17.4. The topological polar surface area (TPSA) is 70.4 Å². The second-order valence-corrected chi connectivity index (χ2v) is 8.82. The van der Waals surface area contributed by atoms with Crippen LogP contribution in [-0.2, 0) is 6.18 Å². The molecule has 36 heavy (non-hydrogen) atoms. The summed E-state index contributed by atoms with van der Waals surface area (Å²) >= 11 is 1.61. The van der Waals surface area contributed by atoms with E-state index in [2.05, 4.69) is 36.8 Å². The molecule has 0 saturated heterocycles. The third-order valence-corrected chi connectivity index (χ3v) is 5.81. The number of unbranched alkanes of at least 4 members (excludes halogenated alkanes) is 1. The minimum Gasteiger partial charge on any atom is -0.355 e. The highest BCUT2D eigenvalue weighted by Crippen LogP contribution is 2.30. The maximum atomic E-state index is 13.1. The predicted molar refractivity (Wildman–Crippen MR) is 143 cm³/mol. The Balaban J connectivity index is 0.000000694. The summed E-state index contributed by atoms with van der Waals surface area (Å²) in [6.45, 7) is 8.70. The van der Waals surface area contributed by atoms with Crippen LogP contribution in [0.15, 0.2) is 36.8 Å². The number of imidazole rings is 1. The highest BCUT2D eigenvalue weighted by atomic mass is 32.2. The highest BCUT2D eigenvalue weighted by molar-refractivity contribution is 7.96. The third kappa shape index (κ3) is 8.94. The van der Waals surface area contributed by atoms with Gasteiger partial charge in [0, 0.05) is 38.1 Å². The van der Waals surface area contributed by atoms with Crippen molar-refractivity contribution in [3.8, 4) is 11.5 Å². The number of rotatable bonds is 10. The fourth-order valence-electron chi connectivity index (χ4n) is 3.34. The fourth-order valence-corrected chi connectivity index (χ4v) is 3.34. The summed E-state index contributed by atoms with van der Waals surface area (Å²) in [5, 5.41) is 3.51. The zero-order valence-corrected chi connectivity index (χ0v) is 22.6. The zero-order valence-electron chi connectivity index (χ0n) is 21.8. The average Bonchev–Trinajstić information content (AvgIpc) is 3.62. The van der Waals surface area contributed by atoms with Crippen molar-refractivity contribution in [3.63, 3.8) is 0 Å². The van der Waals surface area contributed by atoms with E-state index in [1.165, 1.54) is 29.5 Å². The summed E-state index contributed by atoms with van der Waals surface area (Å²) in [6.07, 6.45) is 6.34. The fraction of sp³-hybridized carbons (Fsp3) is 0.560. The van der Waals surface area contributed by atoms with E-state index in [9.17, 15) is 13.2 Å². The summed E-state index contributed by atoms with van der Waals surface area (Å²) in [7, 11) is 1.89. The van der Waals surface area contributed by atoms with E-state index in [0.717, 1.165) is 50.6 Å². The van der Waals surface area contributed by atoms with Crippen molar-refractivity contribution in [2.24, 2.45) is 0 Å². The van der Waals surface area contributed by atoms with E-state index in [-0.39, 0.29) is 0 Å². The molecule has 200 valence electrons. The van der Waals surface area contributed by atoms with E-state index in [0.29, 0.717) is 23.2 Å². The molecule has 0 atom stereocenters. The largest absolute Gasteiger partial charge is 0.417 e. The van der Waals surface area contributed by atoms with Crippen molar-refractivity contribution in [3.05, 3.63) is 42.4 Å². The number of hydrogen-bond donors (Lipinski definition) is 2. The monoisotopic (exact) mass is 525 g/mol. The second-order valence-electron chi connectivity index (χ2n) is 8.00. The summed E-state index contributed by atoms with van der Waals surface area (Å²) < 4.78 is 43.7. The highest BCUT2D eigenvalue weighted by Gasteiger charge is 2.31. The summed E-state index contributed by atoms with van der Waals surface area (Å²) in [5.41, 5.74) is 0.120. The number of pyridine rings is 1. The van der Waals surface area contributed by atoms with Crippen LogP contribution in [0.3, 0.4) is 0 Å². The van der Waals surface area contributed by atoms with Gasteiger partial charge in [-0.3, -0.25) is 9.12 Å². The van der Waals surface area contributed by atoms with Crippen molar-refractivity contribution < 1.29 is 13.2 Å². The van der Waals surface area contributed by atoms with Crippen molar-refractivity contribution >= 4 is 23.4 Å². The molecule has 1 saturated carbocycles. The maximum Gasteiger partial charge on any atom is 0.417 e. The normalized spacial score (nSPS) is 13.0. The van der Waals surface area contributed by atoms with Gasteiger partial charge in [0.15, 0.2) is 5.82 Å². The smallest absolute Gasteiger partial charge is 0.355 e. The van der Waals surface area contributed by atoms with Crippen LogP contribution in [0.2, 0.25) is 0 Å². The SMILES string of the molecule is CC.CCCCN(CCNC1CC1)c1ccnc(-c2cnc3ccc(C(F)(F)F)cn23)n1.CNSC. The first kappa shape index (κ1) is 29.9. The van der Waals surface area contributed by atoms with E-state index in [4.69, 9.17) is 0 Å². The Kier molecular flexibility index (Phi) is 12.5. The molecule has 0 bridgehead atoms. The van der Waals surface area contributed by atoms with Crippen LogP contribution in [-0.4, -0.2) is 58.3 Å². The van der Waals surface area contributed by atoms with Crippen LogP contribution in [0.5, 0.6) is 0 Å². The van der Waals surface area contributed by atoms with Crippen LogP contribution >= 0.6 is 11.9 Å². The molecule has 3 aromatic heterocycles. The molecule has 1 aliphatic rings. The van der Waals surface area contributed by atoms with Gasteiger partial charge in [-0.25, -0.2) is 15.0 Å². The Bertz CT molecular complexity index is 1040. The number of alkyl halides is 3. The number of fused-ring (bicyclic) bond motifs is 1. The maximum absolute atomic E-state index is 13.1. The van der Waals surface area contributed by atoms with Gasteiger partial charge in [0.05, 0.1) is 11.8 Å². The predicted octanol–water partition coefficient (Wildman–Crippen LogP) is 5.68. The molecule has 3 aromatic rings. The van der Waals surface area contributed by atoms with Gasteiger partial charge in [-0.2, -0.15) is 13.2 Å². The number of nitrogens with one attached hydrogen (secondary N) is 2. The molecule has 2 N–H and O–H groups in total. The summed E-state index contributed by atoms with van der Waals surface area (Å²) in [5.74, 6) is 1.13. The molecular formula is C25H38F3N7S. The Morgan fingerprint density at radius 1 is 1.14 bits per heavy atom. The van der Waals surface area contributed by atoms with Crippen LogP contribution in [0.1, 0.15) is 52.0 Å². The zero-order chi connectivity index (χ0) is 26.6. The van der Waals surface area contributed by atoms with Gasteiger partial charge in [0.2, 0.25) is 0 Å². The molecule has 0 amide bonds. The Morgan fingerprint density at radius 3 is 2.47 bits per heavy atom. The van der Waals surface area contributed by atoms with Crippen LogP contribution in [0, 0.1) is 0 Å². The van der Waals surface area contributed by atoms with Gasteiger partial charge in [0.25, 0.3) is 0 Å². The standard InChI is InChI=1S/C21H25F3N6.C2H7NS.C2H6/c1-2-3-11-29(12-10-25-16-5-6-16)19-8-9-26-20(28-19)17-13-27-18-7-4-15(14-30(17)18)21(22,23)24;1-3-4-2;1-2/h4,7-9,13-14,16,25H,2-3,5-6,10-12H2,1H3;3H,1-2H3;1-2H3. The molecule has 0 spiro atoms. The van der Waals surface area contributed by atoms with E-state index < -0.39 is 11.7 Å². The Hall–Kier alpha value is -2.37. The van der Waals surface area contributed by atoms with Gasteiger partial charge in [0.1, 0.15) is 17.2 Å². The van der Waals surface area contributed by atoms with Crippen LogP contribution < -0.4 is 14.9 Å². The molecule has 3 heterocycles. The van der Waals surface area contributed by atoms with Gasteiger partial charge in [-0.15, -0.1) is 0 Å². The molecule has 0 aromatic carbocycles. The van der Waals surface area contributed by atoms with E-state index in [1.54, 1.807) is 18.1 Å². The molecule has 11 heteroatoms. The lowest BCUT2D eigenvalue weighted by atomic mass is 10.2. The van der Waals surface area contributed by atoms with Crippen molar-refractivity contribution in [2.75, 3.05) is 37.8 Å². The second kappa shape index (κ2) is 15.0. The number of aromatic nitrogens is 4. The van der Waals surface area contributed by atoms with Gasteiger partial charge >= 0.3 is 6.18 Å². The van der Waals surface area contributed by atoms with Gasteiger partial charge < -0.3 is 10.2 Å². The number of nitrogens with zero attached hydrogens (tertiary/aromatic N) is 5. The van der Waals surface area contributed by atoms with E-state index >= 15 is 0 Å². The van der Waals surface area contributed by atoms with Crippen molar-refractivity contribution in [1.82, 2.24) is 29.4 Å². The van der Waals surface area contributed by atoms with Crippen LogP contribution in [0.4, 0.5) is 19.0 Å². The molecule has 1 fully saturated rings. The minimum absolute atomic E-state index is 0.357. The third-order valence-electron chi connectivity index (χ3n) is 5.40. The van der Waals surface area contributed by atoms with Crippen molar-refractivity contribution in [2.45, 2.75) is 58.7 Å². The summed E-state index contributed by atoms with van der Waals surface area (Å²) in [6, 6.07) is 4.87. The minimum atomic E-state index is -4.43. The lowest BCUT2D eigenvalue weighted by molar-refractivity contribution is -0.137. The molecule has 1 aliphatic carbocycles. The summed E-state index contributed by atoms with van der Waals surface area (Å²) in [4.78, 5) is 15.4. The molecule has 0 radical (unpaired) electrons. The Morgan fingerprint density at radius 2 is 1.86 bits per heavy atom. The lowest BCUT2D eigenvalue weighted by Gasteiger charge is -2.24. The average molecular weight is 526 g/mol. The number of hydrogen-bond acceptors (Lipinski definition) is 7. The Labute approximate surface area is 216 Å². The first-order valence-electron chi connectivity index (χ1n) is 12.4. The molecular weight excluding hydrogens is 487 g/mol. The molecule has 4 rings (SSSR count). The van der Waals surface area contributed by atoms with Gasteiger partial charge in [-0.1, -0.05) is 39.1 Å². The van der Waals surface area contributed by atoms with E-state index in [1.807, 2.05) is 33.2 Å². The quantitative estimate of drug-likeness (QED) is 0.330. The first-order valence-corrected chi connectivity index (χ1v) is 13.7. The molecule has 7 nitrogen and oxygen atoms in total. The lowest BCUT2D eigenvalue weighted by Crippen LogP contribution is -2.34. The molecule has 0 unspecified atom stereocenters. The molecule has 0 aliphatic heterocycles. The van der Waals surface area contributed by atoms with Crippen molar-refractivity contribution in [1.29, 1.82) is 0 Å². The number of anilines is 1. The van der Waals surface area contributed by atoms with Crippen LogP contribution in [0.25, 0.3) is 17.2 Å².